The van der Waals surface area contributed by atoms with Gasteiger partial charge in [-0.25, -0.2) is 0 Å². The molecule has 10 heavy (non-hydrogen) atoms. The van der Waals surface area contributed by atoms with Crippen LogP contribution in [-0.2, 0) is 0 Å². The minimum Gasteiger partial charge on any atom is -0.398 e. The molecule has 0 atom stereocenters. The molecular weight excluding hydrogens is 124 g/mol. The topological polar surface area (TPSA) is 49.9 Å². The zero-order chi connectivity index (χ0) is 7.98. The number of nitrogens with one attached hydrogen (secondary N) is 1. The van der Waals surface area contributed by atoms with E-state index in [4.69, 9.17) is 11.1 Å². The van der Waals surface area contributed by atoms with Gasteiger partial charge in [-0.15, -0.1) is 0 Å². The molecule has 0 aliphatic carbocycles. The summed E-state index contributed by atoms with van der Waals surface area (Å²) in [5, 5.41) is 6.94. The lowest BCUT2D eigenvalue weighted by Crippen LogP contribution is -1.97. The van der Waals surface area contributed by atoms with Gasteiger partial charge in [0.15, 0.2) is 0 Å². The molecule has 0 aromatic carbocycles. The summed E-state index contributed by atoms with van der Waals surface area (Å²) >= 11 is 0. The monoisotopic (exact) mass is 136 g/mol. The van der Waals surface area contributed by atoms with E-state index in [1.54, 1.807) is 6.08 Å². The van der Waals surface area contributed by atoms with Crippen molar-refractivity contribution in [3.63, 3.8) is 0 Å². The lowest BCUT2D eigenvalue weighted by Gasteiger charge is -1.94. The second-order valence-corrected chi connectivity index (χ2v) is 1.76. The highest BCUT2D eigenvalue weighted by molar-refractivity contribution is 5.81. The Balaban J connectivity index is 4.61. The smallest absolute Gasteiger partial charge is 0.0396 e. The van der Waals surface area contributed by atoms with Crippen LogP contribution in [0.3, 0.4) is 0 Å². The van der Waals surface area contributed by atoms with Crippen LogP contribution < -0.4 is 5.73 Å². The zero-order valence-electron chi connectivity index (χ0n) is 6.09. The van der Waals surface area contributed by atoms with Crippen molar-refractivity contribution in [1.82, 2.24) is 0 Å². The van der Waals surface area contributed by atoms with Crippen LogP contribution in [0.5, 0.6) is 0 Å². The summed E-state index contributed by atoms with van der Waals surface area (Å²) in [4.78, 5) is 0. The Morgan fingerprint density at radius 1 is 1.60 bits per heavy atom. The maximum absolute atomic E-state index is 6.94. The van der Waals surface area contributed by atoms with Crippen molar-refractivity contribution in [2.24, 2.45) is 5.73 Å². The van der Waals surface area contributed by atoms with Crippen molar-refractivity contribution < 1.29 is 0 Å². The van der Waals surface area contributed by atoms with E-state index in [2.05, 4.69) is 6.58 Å². The fourth-order valence-electron chi connectivity index (χ4n) is 0.525. The third-order valence-corrected chi connectivity index (χ3v) is 1.05. The molecule has 0 saturated carbocycles. The van der Waals surface area contributed by atoms with Crippen LogP contribution in [-0.4, -0.2) is 6.21 Å². The summed E-state index contributed by atoms with van der Waals surface area (Å²) in [5.41, 5.74) is 6.70. The second-order valence-electron chi connectivity index (χ2n) is 1.76. The molecule has 0 rings (SSSR count). The Morgan fingerprint density at radius 2 is 2.20 bits per heavy atom. The highest BCUT2D eigenvalue weighted by Crippen LogP contribution is 1.97. The quantitative estimate of drug-likeness (QED) is 0.449. The maximum atomic E-state index is 6.94. The Bertz CT molecular complexity index is 187. The van der Waals surface area contributed by atoms with Crippen LogP contribution in [0.2, 0.25) is 0 Å². The lowest BCUT2D eigenvalue weighted by molar-refractivity contribution is 1.39. The molecule has 2 nitrogen and oxygen atoms in total. The van der Waals surface area contributed by atoms with Gasteiger partial charge in [0, 0.05) is 17.5 Å². The summed E-state index contributed by atoms with van der Waals surface area (Å²) < 4.78 is 0. The van der Waals surface area contributed by atoms with Crippen LogP contribution >= 0.6 is 0 Å². The van der Waals surface area contributed by atoms with Crippen LogP contribution in [0.15, 0.2) is 36.1 Å². The van der Waals surface area contributed by atoms with Crippen LogP contribution in [0.25, 0.3) is 0 Å². The molecule has 0 amide bonds. The molecule has 0 aliphatic rings. The number of nitrogens with two attached hydrogens (primary N) is 1. The highest BCUT2D eigenvalue weighted by atomic mass is 14.6. The van der Waals surface area contributed by atoms with E-state index < -0.39 is 0 Å². The molecule has 0 saturated heterocycles. The van der Waals surface area contributed by atoms with E-state index in [0.29, 0.717) is 11.3 Å². The molecule has 0 unspecified atom stereocenters. The Kier molecular flexibility index (Phi) is 3.96. The first-order valence-corrected chi connectivity index (χ1v) is 3.01. The van der Waals surface area contributed by atoms with Gasteiger partial charge in [-0.2, -0.15) is 0 Å². The molecular formula is C8H12N2. The van der Waals surface area contributed by atoms with Crippen molar-refractivity contribution >= 4 is 6.21 Å². The Hall–Kier alpha value is -1.31. The molecule has 2 heteroatoms. The van der Waals surface area contributed by atoms with Gasteiger partial charge < -0.3 is 11.1 Å². The molecule has 0 fully saturated rings. The second kappa shape index (κ2) is 4.56. The van der Waals surface area contributed by atoms with Gasteiger partial charge in [-0.1, -0.05) is 18.7 Å². The molecule has 0 radical (unpaired) electrons. The molecule has 0 aromatic heterocycles. The van der Waals surface area contributed by atoms with E-state index in [1.807, 2.05) is 13.0 Å². The number of hydrogen-bond donors (Lipinski definition) is 2. The average molecular weight is 136 g/mol. The van der Waals surface area contributed by atoms with Crippen molar-refractivity contribution in [2.45, 2.75) is 6.92 Å². The number of allylic oxidation sites excluding steroid dienone is 4. The van der Waals surface area contributed by atoms with Crippen molar-refractivity contribution in [1.29, 1.82) is 5.41 Å². The molecule has 54 valence electrons. The maximum Gasteiger partial charge on any atom is 0.0396 e. The summed E-state index contributed by atoms with van der Waals surface area (Å²) in [6.45, 7) is 5.37. The fraction of sp³-hybridized carbons (Fsp3) is 0.125. The number of rotatable bonds is 3. The fourth-order valence-corrected chi connectivity index (χ4v) is 0.525. The minimum atomic E-state index is 0.535. The van der Waals surface area contributed by atoms with Crippen LogP contribution in [0, 0.1) is 5.41 Å². The van der Waals surface area contributed by atoms with E-state index in [-0.39, 0.29) is 0 Å². The van der Waals surface area contributed by atoms with Gasteiger partial charge in [0.1, 0.15) is 0 Å². The SMILES string of the molecule is C=C/C(N)=C(C=N)\C=C\C. The summed E-state index contributed by atoms with van der Waals surface area (Å²) in [6.07, 6.45) is 6.33. The Morgan fingerprint density at radius 3 is 2.50 bits per heavy atom. The summed E-state index contributed by atoms with van der Waals surface area (Å²) in [7, 11) is 0. The molecule has 3 N–H and O–H groups in total. The predicted octanol–water partition coefficient (Wildman–Crippen LogP) is 1.61. The highest BCUT2D eigenvalue weighted by Gasteiger charge is 1.88. The van der Waals surface area contributed by atoms with Gasteiger partial charge in [0.2, 0.25) is 0 Å². The predicted molar refractivity (Wildman–Crippen MR) is 45.0 cm³/mol. The van der Waals surface area contributed by atoms with Gasteiger partial charge in [0.05, 0.1) is 0 Å². The van der Waals surface area contributed by atoms with E-state index in [0.717, 1.165) is 0 Å². The third kappa shape index (κ3) is 2.31. The van der Waals surface area contributed by atoms with Gasteiger partial charge in [0.25, 0.3) is 0 Å². The van der Waals surface area contributed by atoms with Crippen LogP contribution in [0.1, 0.15) is 6.92 Å². The third-order valence-electron chi connectivity index (χ3n) is 1.05. The van der Waals surface area contributed by atoms with Crippen molar-refractivity contribution in [2.75, 3.05) is 0 Å². The van der Waals surface area contributed by atoms with Gasteiger partial charge in [-0.3, -0.25) is 0 Å². The summed E-state index contributed by atoms with van der Waals surface area (Å²) in [5.74, 6) is 0. The zero-order valence-corrected chi connectivity index (χ0v) is 6.09. The minimum absolute atomic E-state index is 0.535. The van der Waals surface area contributed by atoms with Crippen LogP contribution in [0.4, 0.5) is 0 Å². The molecule has 0 aliphatic heterocycles. The Labute approximate surface area is 61.3 Å². The molecule has 0 heterocycles. The molecule has 0 spiro atoms. The van der Waals surface area contributed by atoms with Crippen molar-refractivity contribution in [3.8, 4) is 0 Å². The first-order chi connectivity index (χ1) is 4.76. The average Bonchev–Trinajstić information content (AvgIpc) is 1.99. The van der Waals surface area contributed by atoms with E-state index in [1.165, 1.54) is 12.3 Å². The van der Waals surface area contributed by atoms with Gasteiger partial charge >= 0.3 is 0 Å². The lowest BCUT2D eigenvalue weighted by atomic mass is 10.2. The van der Waals surface area contributed by atoms with Gasteiger partial charge in [-0.05, 0) is 13.0 Å². The van der Waals surface area contributed by atoms with E-state index in [9.17, 15) is 0 Å². The first-order valence-electron chi connectivity index (χ1n) is 3.01. The normalized spacial score (nSPS) is 12.9. The largest absolute Gasteiger partial charge is 0.398 e. The summed E-state index contributed by atoms with van der Waals surface area (Å²) in [6, 6.07) is 0. The molecule has 0 bridgehead atoms. The first kappa shape index (κ1) is 8.69. The van der Waals surface area contributed by atoms with Crippen molar-refractivity contribution in [3.05, 3.63) is 36.1 Å². The van der Waals surface area contributed by atoms with E-state index >= 15 is 0 Å². The molecule has 0 aromatic rings. The number of hydrogen-bond acceptors (Lipinski definition) is 2. The standard InChI is InChI=1S/C8H12N2/c1-3-5-7(6-9)8(10)4-2/h3-6,9H,2,10H2,1H3/b5-3+,8-7-,9-6?.